The van der Waals surface area contributed by atoms with Gasteiger partial charge < -0.3 is 4.74 Å². The van der Waals surface area contributed by atoms with E-state index in [0.29, 0.717) is 13.2 Å². The lowest BCUT2D eigenvalue weighted by Gasteiger charge is -2.15. The van der Waals surface area contributed by atoms with Crippen molar-refractivity contribution in [2.45, 2.75) is 52.2 Å². The van der Waals surface area contributed by atoms with Crippen LogP contribution in [0.25, 0.3) is 0 Å². The summed E-state index contributed by atoms with van der Waals surface area (Å²) < 4.78 is 7.09. The lowest BCUT2D eigenvalue weighted by molar-refractivity contribution is 0.0761. The summed E-state index contributed by atoms with van der Waals surface area (Å²) in [7, 11) is 0. The standard InChI is InChI=1S/C16H21N3O2S/c1-3-21-11(2)16-17-13(10-22-16)9-19-15(20)8-12-6-4-5-7-14(12)18-19/h8,10-11H,3-7,9H2,1-2H3/t11-/m1/s1. The normalized spacial score (nSPS) is 15.5. The van der Waals surface area contributed by atoms with Crippen molar-refractivity contribution in [3.8, 4) is 0 Å². The van der Waals surface area contributed by atoms with E-state index in [1.165, 1.54) is 4.68 Å². The average Bonchev–Trinajstić information content (AvgIpc) is 2.97. The van der Waals surface area contributed by atoms with E-state index in [9.17, 15) is 4.79 Å². The first-order valence-corrected chi connectivity index (χ1v) is 8.71. The lowest BCUT2D eigenvalue weighted by Crippen LogP contribution is -2.26. The molecule has 2 aromatic rings. The molecule has 0 aliphatic heterocycles. The quantitative estimate of drug-likeness (QED) is 0.850. The highest BCUT2D eigenvalue weighted by atomic mass is 32.1. The molecule has 0 radical (unpaired) electrons. The Morgan fingerprint density at radius 3 is 3.05 bits per heavy atom. The minimum absolute atomic E-state index is 0.00281. The minimum atomic E-state index is -0.0342. The molecule has 0 bridgehead atoms. The number of hydrogen-bond donors (Lipinski definition) is 0. The highest BCUT2D eigenvalue weighted by Gasteiger charge is 2.15. The van der Waals surface area contributed by atoms with Crippen LogP contribution in [0.4, 0.5) is 0 Å². The number of rotatable bonds is 5. The van der Waals surface area contributed by atoms with Crippen molar-refractivity contribution < 1.29 is 4.74 Å². The van der Waals surface area contributed by atoms with Gasteiger partial charge in [-0.1, -0.05) is 0 Å². The van der Waals surface area contributed by atoms with E-state index in [2.05, 4.69) is 10.1 Å². The fraction of sp³-hybridized carbons (Fsp3) is 0.562. The number of aromatic nitrogens is 3. The molecule has 0 fully saturated rings. The summed E-state index contributed by atoms with van der Waals surface area (Å²) in [5.74, 6) is 0. The average molecular weight is 319 g/mol. The number of hydrogen-bond acceptors (Lipinski definition) is 5. The van der Waals surface area contributed by atoms with Crippen molar-refractivity contribution in [1.82, 2.24) is 14.8 Å². The fourth-order valence-electron chi connectivity index (χ4n) is 2.77. The van der Waals surface area contributed by atoms with Gasteiger partial charge in [-0.25, -0.2) is 9.67 Å². The second-order valence-electron chi connectivity index (χ2n) is 5.59. The Balaban J connectivity index is 1.80. The van der Waals surface area contributed by atoms with Gasteiger partial charge in [0.25, 0.3) is 5.56 Å². The largest absolute Gasteiger partial charge is 0.372 e. The first-order valence-electron chi connectivity index (χ1n) is 7.83. The summed E-state index contributed by atoms with van der Waals surface area (Å²) in [5.41, 5.74) is 3.03. The number of thiazole rings is 1. The van der Waals surface area contributed by atoms with Crippen molar-refractivity contribution in [3.63, 3.8) is 0 Å². The molecule has 2 aromatic heterocycles. The van der Waals surface area contributed by atoms with Crippen LogP contribution in [0.2, 0.25) is 0 Å². The van der Waals surface area contributed by atoms with Gasteiger partial charge in [0.15, 0.2) is 0 Å². The highest BCUT2D eigenvalue weighted by molar-refractivity contribution is 7.09. The third-order valence-corrected chi connectivity index (χ3v) is 4.97. The molecule has 0 saturated carbocycles. The molecule has 22 heavy (non-hydrogen) atoms. The van der Waals surface area contributed by atoms with Gasteiger partial charge in [0.05, 0.1) is 17.9 Å². The zero-order valence-electron chi connectivity index (χ0n) is 13.0. The number of nitrogens with zero attached hydrogens (tertiary/aromatic N) is 3. The van der Waals surface area contributed by atoms with Gasteiger partial charge in [-0.3, -0.25) is 4.79 Å². The Bertz CT molecular complexity index is 708. The third-order valence-electron chi connectivity index (χ3n) is 3.92. The molecule has 1 atom stereocenters. The van der Waals surface area contributed by atoms with Gasteiger partial charge in [0.2, 0.25) is 0 Å². The van der Waals surface area contributed by atoms with Crippen LogP contribution < -0.4 is 5.56 Å². The molecule has 2 heterocycles. The molecule has 0 unspecified atom stereocenters. The first-order chi connectivity index (χ1) is 10.7. The van der Waals surface area contributed by atoms with Crippen molar-refractivity contribution in [1.29, 1.82) is 0 Å². The number of fused-ring (bicyclic) bond motifs is 1. The van der Waals surface area contributed by atoms with Gasteiger partial charge in [0, 0.05) is 18.1 Å². The maximum absolute atomic E-state index is 12.2. The Hall–Kier alpha value is -1.53. The number of aryl methyl sites for hydroxylation is 2. The van der Waals surface area contributed by atoms with E-state index in [4.69, 9.17) is 4.74 Å². The minimum Gasteiger partial charge on any atom is -0.372 e. The molecule has 0 N–H and O–H groups in total. The van der Waals surface area contributed by atoms with E-state index >= 15 is 0 Å². The van der Waals surface area contributed by atoms with Crippen LogP contribution in [0, 0.1) is 0 Å². The van der Waals surface area contributed by atoms with Crippen LogP contribution in [-0.2, 0) is 24.1 Å². The molecule has 6 heteroatoms. The first kappa shape index (κ1) is 15.4. The molecule has 118 valence electrons. The summed E-state index contributed by atoms with van der Waals surface area (Å²) >= 11 is 1.57. The smallest absolute Gasteiger partial charge is 0.267 e. The Labute approximate surface area is 134 Å². The summed E-state index contributed by atoms with van der Waals surface area (Å²) in [6.07, 6.45) is 4.26. The van der Waals surface area contributed by atoms with Crippen molar-refractivity contribution in [2.24, 2.45) is 0 Å². The van der Waals surface area contributed by atoms with Crippen LogP contribution in [0.3, 0.4) is 0 Å². The molecule has 0 spiro atoms. The predicted molar refractivity (Wildman–Crippen MR) is 86.4 cm³/mol. The third kappa shape index (κ3) is 3.28. The van der Waals surface area contributed by atoms with Crippen LogP contribution >= 0.6 is 11.3 Å². The zero-order chi connectivity index (χ0) is 15.5. The van der Waals surface area contributed by atoms with Gasteiger partial charge in [0.1, 0.15) is 11.1 Å². The van der Waals surface area contributed by atoms with E-state index in [1.54, 1.807) is 17.4 Å². The maximum Gasteiger partial charge on any atom is 0.267 e. The molecular formula is C16H21N3O2S. The second-order valence-corrected chi connectivity index (χ2v) is 6.48. The SMILES string of the molecule is CCO[C@H](C)c1nc(Cn2nc3c(cc2=O)CCCC3)cs1. The second kappa shape index (κ2) is 6.71. The predicted octanol–water partition coefficient (Wildman–Crippen LogP) is 2.72. The van der Waals surface area contributed by atoms with E-state index in [-0.39, 0.29) is 11.7 Å². The monoisotopic (exact) mass is 319 g/mol. The summed E-state index contributed by atoms with van der Waals surface area (Å²) in [6, 6.07) is 1.75. The summed E-state index contributed by atoms with van der Waals surface area (Å²) in [5, 5.41) is 7.47. The Kier molecular flexibility index (Phi) is 4.69. The van der Waals surface area contributed by atoms with Crippen LogP contribution in [0.5, 0.6) is 0 Å². The molecule has 0 amide bonds. The summed E-state index contributed by atoms with van der Waals surface area (Å²) in [4.78, 5) is 16.8. The van der Waals surface area contributed by atoms with Crippen LogP contribution in [-0.4, -0.2) is 21.4 Å². The summed E-state index contributed by atoms with van der Waals surface area (Å²) in [6.45, 7) is 5.07. The maximum atomic E-state index is 12.2. The molecule has 1 aliphatic rings. The molecule has 5 nitrogen and oxygen atoms in total. The van der Waals surface area contributed by atoms with Crippen molar-refractivity contribution in [2.75, 3.05) is 6.61 Å². The number of ether oxygens (including phenoxy) is 1. The van der Waals surface area contributed by atoms with Gasteiger partial charge in [-0.05, 0) is 45.1 Å². The van der Waals surface area contributed by atoms with Gasteiger partial charge >= 0.3 is 0 Å². The lowest BCUT2D eigenvalue weighted by atomic mass is 9.97. The molecule has 1 aliphatic carbocycles. The zero-order valence-corrected chi connectivity index (χ0v) is 13.9. The van der Waals surface area contributed by atoms with Crippen LogP contribution in [0.1, 0.15) is 54.8 Å². The Morgan fingerprint density at radius 1 is 1.41 bits per heavy atom. The Morgan fingerprint density at radius 2 is 2.23 bits per heavy atom. The fourth-order valence-corrected chi connectivity index (χ4v) is 3.58. The molecule has 0 saturated heterocycles. The topological polar surface area (TPSA) is 57.0 Å². The van der Waals surface area contributed by atoms with Crippen molar-refractivity contribution >= 4 is 11.3 Å². The highest BCUT2D eigenvalue weighted by Crippen LogP contribution is 2.21. The van der Waals surface area contributed by atoms with Gasteiger partial charge in [-0.15, -0.1) is 11.3 Å². The van der Waals surface area contributed by atoms with E-state index in [1.807, 2.05) is 19.2 Å². The van der Waals surface area contributed by atoms with Gasteiger partial charge in [-0.2, -0.15) is 5.10 Å². The van der Waals surface area contributed by atoms with E-state index < -0.39 is 0 Å². The molecular weight excluding hydrogens is 298 g/mol. The van der Waals surface area contributed by atoms with E-state index in [0.717, 1.165) is 47.6 Å². The molecule has 0 aromatic carbocycles. The molecule has 3 rings (SSSR count). The van der Waals surface area contributed by atoms with Crippen LogP contribution in [0.15, 0.2) is 16.2 Å². The van der Waals surface area contributed by atoms with Crippen molar-refractivity contribution in [3.05, 3.63) is 43.8 Å².